The largest absolute Gasteiger partial charge is 0.465 e. The number of hydrogen-bond donors (Lipinski definition) is 1. The lowest BCUT2D eigenvalue weighted by Crippen LogP contribution is -2.43. The van der Waals surface area contributed by atoms with Crippen LogP contribution < -0.4 is 5.32 Å². The minimum Gasteiger partial charge on any atom is -0.465 e. The molecule has 8 heteroatoms. The van der Waals surface area contributed by atoms with Crippen molar-refractivity contribution >= 4 is 27.5 Å². The number of carbonyl (C=O) groups excluding carboxylic acids is 2. The van der Waals surface area contributed by atoms with E-state index in [9.17, 15) is 18.0 Å². The molecule has 0 bridgehead atoms. The molecule has 25 heavy (non-hydrogen) atoms. The SMILES string of the molecule is C=CCN(C(=O)Nc1cc(C(=O)OC)ccc1C)[C@@H]1CCS(=O)(=O)C1. The van der Waals surface area contributed by atoms with Gasteiger partial charge in [-0.05, 0) is 31.0 Å². The second-order valence-corrected chi connectivity index (χ2v) is 8.18. The normalized spacial score (nSPS) is 18.4. The number of aryl methyl sites for hydroxylation is 1. The number of sulfone groups is 1. The van der Waals surface area contributed by atoms with Gasteiger partial charge < -0.3 is 15.0 Å². The predicted molar refractivity (Wildman–Crippen MR) is 95.5 cm³/mol. The van der Waals surface area contributed by atoms with Gasteiger partial charge in [0.15, 0.2) is 9.84 Å². The minimum absolute atomic E-state index is 0.0462. The van der Waals surface area contributed by atoms with Gasteiger partial charge in [0.25, 0.3) is 0 Å². The molecule has 136 valence electrons. The number of amides is 2. The van der Waals surface area contributed by atoms with Gasteiger partial charge in [-0.15, -0.1) is 6.58 Å². The van der Waals surface area contributed by atoms with E-state index in [1.807, 2.05) is 0 Å². The van der Waals surface area contributed by atoms with Crippen LogP contribution in [0, 0.1) is 6.92 Å². The van der Waals surface area contributed by atoms with Gasteiger partial charge in [-0.25, -0.2) is 18.0 Å². The van der Waals surface area contributed by atoms with Crippen LogP contribution in [0.5, 0.6) is 0 Å². The Bertz CT molecular complexity index is 788. The molecular formula is C17H22N2O5S. The third-order valence-electron chi connectivity index (χ3n) is 4.14. The van der Waals surface area contributed by atoms with Crippen LogP contribution in [0.15, 0.2) is 30.9 Å². The number of methoxy groups -OCH3 is 1. The molecule has 1 N–H and O–H groups in total. The van der Waals surface area contributed by atoms with Crippen molar-refractivity contribution in [3.05, 3.63) is 42.0 Å². The molecule has 0 spiro atoms. The molecule has 0 aromatic heterocycles. The smallest absolute Gasteiger partial charge is 0.337 e. The minimum atomic E-state index is -3.11. The molecule has 0 unspecified atom stereocenters. The van der Waals surface area contributed by atoms with E-state index in [4.69, 9.17) is 0 Å². The number of nitrogens with zero attached hydrogens (tertiary/aromatic N) is 1. The van der Waals surface area contributed by atoms with Crippen molar-refractivity contribution in [2.45, 2.75) is 19.4 Å². The van der Waals surface area contributed by atoms with E-state index in [0.717, 1.165) is 5.56 Å². The van der Waals surface area contributed by atoms with Crippen molar-refractivity contribution < 1.29 is 22.7 Å². The van der Waals surface area contributed by atoms with E-state index < -0.39 is 21.8 Å². The number of hydrogen-bond acceptors (Lipinski definition) is 5. The van der Waals surface area contributed by atoms with E-state index in [-0.39, 0.29) is 24.1 Å². The van der Waals surface area contributed by atoms with Crippen molar-refractivity contribution in [3.63, 3.8) is 0 Å². The average molecular weight is 366 g/mol. The standard InChI is InChI=1S/C17H22N2O5S/c1-4-8-19(14-7-9-25(22,23)11-14)17(21)18-15-10-13(16(20)24-3)6-5-12(15)2/h4-6,10,14H,1,7-9,11H2,2-3H3,(H,18,21)/t14-/m1/s1. The van der Waals surface area contributed by atoms with Crippen LogP contribution in [0.25, 0.3) is 0 Å². The third kappa shape index (κ3) is 4.60. The number of rotatable bonds is 5. The Kier molecular flexibility index (Phi) is 5.84. The molecule has 0 saturated carbocycles. The van der Waals surface area contributed by atoms with E-state index >= 15 is 0 Å². The number of urea groups is 1. The maximum absolute atomic E-state index is 12.7. The fourth-order valence-corrected chi connectivity index (χ4v) is 4.48. The van der Waals surface area contributed by atoms with Gasteiger partial charge in [-0.1, -0.05) is 12.1 Å². The van der Waals surface area contributed by atoms with Crippen LogP contribution in [-0.4, -0.2) is 56.5 Å². The molecular weight excluding hydrogens is 344 g/mol. The molecule has 1 aliphatic rings. The Morgan fingerprint density at radius 3 is 2.72 bits per heavy atom. The first kappa shape index (κ1) is 19.0. The zero-order valence-corrected chi connectivity index (χ0v) is 15.1. The zero-order valence-electron chi connectivity index (χ0n) is 14.3. The summed E-state index contributed by atoms with van der Waals surface area (Å²) in [6, 6.07) is 4.05. The first-order chi connectivity index (χ1) is 11.8. The Hall–Kier alpha value is -2.35. The van der Waals surface area contributed by atoms with Crippen LogP contribution in [0.2, 0.25) is 0 Å². The van der Waals surface area contributed by atoms with E-state index in [1.54, 1.807) is 25.1 Å². The highest BCUT2D eigenvalue weighted by atomic mass is 32.2. The van der Waals surface area contributed by atoms with E-state index in [2.05, 4.69) is 16.6 Å². The summed E-state index contributed by atoms with van der Waals surface area (Å²) in [6.07, 6.45) is 1.97. The summed E-state index contributed by atoms with van der Waals surface area (Å²) in [6.45, 7) is 5.67. The highest BCUT2D eigenvalue weighted by Gasteiger charge is 2.34. The van der Waals surface area contributed by atoms with Gasteiger partial charge >= 0.3 is 12.0 Å². The van der Waals surface area contributed by atoms with Crippen LogP contribution >= 0.6 is 0 Å². The number of anilines is 1. The van der Waals surface area contributed by atoms with E-state index in [0.29, 0.717) is 17.7 Å². The second-order valence-electron chi connectivity index (χ2n) is 5.95. The number of nitrogens with one attached hydrogen (secondary N) is 1. The summed E-state index contributed by atoms with van der Waals surface area (Å²) in [4.78, 5) is 25.8. The van der Waals surface area contributed by atoms with Crippen molar-refractivity contribution in [2.75, 3.05) is 30.5 Å². The van der Waals surface area contributed by atoms with Crippen molar-refractivity contribution in [1.29, 1.82) is 0 Å². The number of benzene rings is 1. The second kappa shape index (κ2) is 7.69. The summed E-state index contributed by atoms with van der Waals surface area (Å²) in [5.41, 5.74) is 1.57. The first-order valence-corrected chi connectivity index (χ1v) is 9.67. The molecule has 0 aliphatic carbocycles. The Morgan fingerprint density at radius 2 is 2.16 bits per heavy atom. The average Bonchev–Trinajstić information content (AvgIpc) is 2.93. The Labute approximate surface area is 147 Å². The molecule has 1 heterocycles. The maximum atomic E-state index is 12.7. The van der Waals surface area contributed by atoms with Crippen molar-refractivity contribution in [1.82, 2.24) is 4.90 Å². The third-order valence-corrected chi connectivity index (χ3v) is 5.89. The zero-order chi connectivity index (χ0) is 18.6. The molecule has 1 saturated heterocycles. The van der Waals surface area contributed by atoms with Gasteiger partial charge in [0.2, 0.25) is 0 Å². The molecule has 1 aromatic carbocycles. The van der Waals surface area contributed by atoms with Gasteiger partial charge in [0.1, 0.15) is 0 Å². The molecule has 2 amide bonds. The summed E-state index contributed by atoms with van der Waals surface area (Å²) >= 11 is 0. The monoisotopic (exact) mass is 366 g/mol. The number of ether oxygens (including phenoxy) is 1. The topological polar surface area (TPSA) is 92.8 Å². The fourth-order valence-electron chi connectivity index (χ4n) is 2.75. The van der Waals surface area contributed by atoms with Gasteiger partial charge in [-0.3, -0.25) is 0 Å². The molecule has 1 aromatic rings. The molecule has 1 fully saturated rings. The molecule has 7 nitrogen and oxygen atoms in total. The summed E-state index contributed by atoms with van der Waals surface area (Å²) in [5.74, 6) is -0.467. The number of carbonyl (C=O) groups is 2. The Morgan fingerprint density at radius 1 is 1.44 bits per heavy atom. The summed E-state index contributed by atoms with van der Waals surface area (Å²) in [7, 11) is -1.83. The van der Waals surface area contributed by atoms with Crippen LogP contribution in [0.3, 0.4) is 0 Å². The number of esters is 1. The van der Waals surface area contributed by atoms with Crippen molar-refractivity contribution in [3.8, 4) is 0 Å². The van der Waals surface area contributed by atoms with Gasteiger partial charge in [0.05, 0.1) is 24.2 Å². The molecule has 2 rings (SSSR count). The molecule has 1 atom stereocenters. The lowest BCUT2D eigenvalue weighted by molar-refractivity contribution is 0.0600. The van der Waals surface area contributed by atoms with Gasteiger partial charge in [-0.2, -0.15) is 0 Å². The quantitative estimate of drug-likeness (QED) is 0.635. The highest BCUT2D eigenvalue weighted by Crippen LogP contribution is 2.21. The predicted octanol–water partition coefficient (Wildman–Crippen LogP) is 1.99. The van der Waals surface area contributed by atoms with Crippen LogP contribution in [0.4, 0.5) is 10.5 Å². The fraction of sp³-hybridized carbons (Fsp3) is 0.412. The lowest BCUT2D eigenvalue weighted by atomic mass is 10.1. The maximum Gasteiger partial charge on any atom is 0.337 e. The lowest BCUT2D eigenvalue weighted by Gasteiger charge is -2.27. The summed E-state index contributed by atoms with van der Waals surface area (Å²) in [5, 5.41) is 2.76. The molecule has 0 radical (unpaired) electrons. The molecule has 1 aliphatic heterocycles. The van der Waals surface area contributed by atoms with E-state index in [1.165, 1.54) is 18.1 Å². The van der Waals surface area contributed by atoms with Crippen molar-refractivity contribution in [2.24, 2.45) is 0 Å². The van der Waals surface area contributed by atoms with Crippen LogP contribution in [-0.2, 0) is 14.6 Å². The highest BCUT2D eigenvalue weighted by molar-refractivity contribution is 7.91. The summed E-state index contributed by atoms with van der Waals surface area (Å²) < 4.78 is 28.1. The van der Waals surface area contributed by atoms with Gasteiger partial charge in [0, 0.05) is 18.3 Å². The first-order valence-electron chi connectivity index (χ1n) is 7.85. The Balaban J connectivity index is 2.21. The van der Waals surface area contributed by atoms with Crippen LogP contribution in [0.1, 0.15) is 22.3 Å².